The van der Waals surface area contributed by atoms with Gasteiger partial charge in [0.2, 0.25) is 5.91 Å². The SMILES string of the molecule is CCn1cc([C@@H]2C[C@H]3CN(Cc4cccc(Cl)c4)C(=O)[C@]34CCCN24)cn1. The van der Waals surface area contributed by atoms with Crippen molar-refractivity contribution in [2.75, 3.05) is 13.1 Å². The molecular weight excluding hydrogens is 360 g/mol. The maximum absolute atomic E-state index is 13.5. The average molecular weight is 385 g/mol. The van der Waals surface area contributed by atoms with Crippen molar-refractivity contribution in [1.82, 2.24) is 19.6 Å². The lowest BCUT2D eigenvalue weighted by Crippen LogP contribution is -2.49. The lowest BCUT2D eigenvalue weighted by Gasteiger charge is -2.33. The number of nitrogens with zero attached hydrogens (tertiary/aromatic N) is 4. The van der Waals surface area contributed by atoms with E-state index in [4.69, 9.17) is 11.6 Å². The van der Waals surface area contributed by atoms with Crippen molar-refractivity contribution in [3.8, 4) is 0 Å². The predicted molar refractivity (Wildman–Crippen MR) is 104 cm³/mol. The third-order valence-electron chi connectivity index (χ3n) is 6.75. The fourth-order valence-corrected chi connectivity index (χ4v) is 5.82. The maximum atomic E-state index is 13.5. The topological polar surface area (TPSA) is 41.4 Å². The Hall–Kier alpha value is -1.85. The van der Waals surface area contributed by atoms with Crippen LogP contribution in [0.1, 0.15) is 43.4 Å². The first-order valence-corrected chi connectivity index (χ1v) is 10.3. The molecule has 1 spiro atoms. The van der Waals surface area contributed by atoms with Crippen LogP contribution < -0.4 is 0 Å². The number of likely N-dealkylation sites (tertiary alicyclic amines) is 1. The van der Waals surface area contributed by atoms with Crippen molar-refractivity contribution in [2.45, 2.75) is 50.9 Å². The molecule has 6 heteroatoms. The lowest BCUT2D eigenvalue weighted by atomic mass is 9.85. The summed E-state index contributed by atoms with van der Waals surface area (Å²) >= 11 is 6.13. The number of aryl methyl sites for hydroxylation is 1. The minimum Gasteiger partial charge on any atom is -0.336 e. The summed E-state index contributed by atoms with van der Waals surface area (Å²) in [5, 5.41) is 5.19. The first-order chi connectivity index (χ1) is 13.1. The second kappa shape index (κ2) is 6.35. The summed E-state index contributed by atoms with van der Waals surface area (Å²) in [6.07, 6.45) is 7.29. The normalized spacial score (nSPS) is 30.1. The molecule has 0 saturated carbocycles. The summed E-state index contributed by atoms with van der Waals surface area (Å²) in [7, 11) is 0. The van der Waals surface area contributed by atoms with Gasteiger partial charge >= 0.3 is 0 Å². The molecule has 3 aliphatic rings. The molecule has 3 fully saturated rings. The number of amides is 1. The van der Waals surface area contributed by atoms with Crippen molar-refractivity contribution >= 4 is 17.5 Å². The number of carbonyl (C=O) groups is 1. The molecule has 0 radical (unpaired) electrons. The number of benzene rings is 1. The molecule has 0 N–H and O–H groups in total. The van der Waals surface area contributed by atoms with Crippen molar-refractivity contribution in [3.63, 3.8) is 0 Å². The number of hydrogen-bond donors (Lipinski definition) is 0. The molecule has 1 aromatic heterocycles. The summed E-state index contributed by atoms with van der Waals surface area (Å²) in [4.78, 5) is 18.1. The molecule has 1 amide bonds. The van der Waals surface area contributed by atoms with E-state index in [1.54, 1.807) is 0 Å². The highest BCUT2D eigenvalue weighted by atomic mass is 35.5. The van der Waals surface area contributed by atoms with E-state index in [2.05, 4.69) is 34.1 Å². The fraction of sp³-hybridized carbons (Fsp3) is 0.524. The molecular formula is C21H25ClN4O. The minimum atomic E-state index is -0.294. The lowest BCUT2D eigenvalue weighted by molar-refractivity contribution is -0.137. The van der Waals surface area contributed by atoms with E-state index in [0.29, 0.717) is 24.4 Å². The highest BCUT2D eigenvalue weighted by molar-refractivity contribution is 6.30. The standard InChI is InChI=1S/C21H25ClN4O/c1-2-25-13-16(11-23-25)19-10-17-14-24(12-15-5-3-6-18(22)9-15)20(27)21(17)7-4-8-26(19)21/h3,5-6,9,11,13,17,19H,2,4,7-8,10,12,14H2,1H3/t17-,19-,21-/m0/s1. The third kappa shape index (κ3) is 2.55. The van der Waals surface area contributed by atoms with E-state index >= 15 is 0 Å². The third-order valence-corrected chi connectivity index (χ3v) is 6.99. The van der Waals surface area contributed by atoms with Crippen LogP contribution in [0.4, 0.5) is 0 Å². The first kappa shape index (κ1) is 17.3. The molecule has 3 saturated heterocycles. The predicted octanol–water partition coefficient (Wildman–Crippen LogP) is 3.49. The molecule has 5 nitrogen and oxygen atoms in total. The Balaban J connectivity index is 1.41. The maximum Gasteiger partial charge on any atom is 0.243 e. The van der Waals surface area contributed by atoms with Gasteiger partial charge in [0.1, 0.15) is 5.54 Å². The summed E-state index contributed by atoms with van der Waals surface area (Å²) in [6, 6.07) is 8.19. The molecule has 27 heavy (non-hydrogen) atoms. The average Bonchev–Trinajstić information content (AvgIpc) is 3.39. The Morgan fingerprint density at radius 1 is 1.37 bits per heavy atom. The second-order valence-corrected chi connectivity index (χ2v) is 8.55. The summed E-state index contributed by atoms with van der Waals surface area (Å²) in [6.45, 7) is 5.50. The van der Waals surface area contributed by atoms with Gasteiger partial charge in [0.05, 0.1) is 6.20 Å². The molecule has 142 valence electrons. The monoisotopic (exact) mass is 384 g/mol. The first-order valence-electron chi connectivity index (χ1n) is 9.94. The number of halogens is 1. The van der Waals surface area contributed by atoms with Crippen LogP contribution in [-0.2, 0) is 17.9 Å². The zero-order chi connectivity index (χ0) is 18.6. The van der Waals surface area contributed by atoms with Gasteiger partial charge in [-0.25, -0.2) is 0 Å². The number of rotatable bonds is 4. The van der Waals surface area contributed by atoms with Crippen LogP contribution in [0.15, 0.2) is 36.7 Å². The van der Waals surface area contributed by atoms with Crippen molar-refractivity contribution in [1.29, 1.82) is 0 Å². The second-order valence-electron chi connectivity index (χ2n) is 8.11. The zero-order valence-corrected chi connectivity index (χ0v) is 16.4. The Bertz CT molecular complexity index is 881. The molecule has 0 bridgehead atoms. The molecule has 2 aromatic rings. The van der Waals surface area contributed by atoms with Crippen LogP contribution >= 0.6 is 11.6 Å². The number of aromatic nitrogens is 2. The van der Waals surface area contributed by atoms with Crippen LogP contribution in [0.25, 0.3) is 0 Å². The Kier molecular flexibility index (Phi) is 4.06. The van der Waals surface area contributed by atoms with Gasteiger partial charge in [-0.05, 0) is 50.4 Å². The van der Waals surface area contributed by atoms with Gasteiger partial charge in [-0.1, -0.05) is 23.7 Å². The van der Waals surface area contributed by atoms with Crippen molar-refractivity contribution in [3.05, 3.63) is 52.8 Å². The smallest absolute Gasteiger partial charge is 0.243 e. The van der Waals surface area contributed by atoms with Gasteiger partial charge in [-0.15, -0.1) is 0 Å². The molecule has 0 aliphatic carbocycles. The van der Waals surface area contributed by atoms with Gasteiger partial charge in [0.15, 0.2) is 0 Å². The number of hydrogen-bond acceptors (Lipinski definition) is 3. The van der Waals surface area contributed by atoms with Crippen molar-refractivity contribution < 1.29 is 4.79 Å². The van der Waals surface area contributed by atoms with E-state index in [1.165, 1.54) is 5.56 Å². The molecule has 0 unspecified atom stereocenters. The van der Waals surface area contributed by atoms with Gasteiger partial charge in [0.25, 0.3) is 0 Å². The molecule has 1 aromatic carbocycles. The van der Waals surface area contributed by atoms with E-state index in [-0.39, 0.29) is 5.54 Å². The van der Waals surface area contributed by atoms with Crippen molar-refractivity contribution in [2.24, 2.45) is 5.92 Å². The highest BCUT2D eigenvalue weighted by Crippen LogP contribution is 2.56. The Labute approximate surface area is 164 Å². The molecule has 3 atom stereocenters. The largest absolute Gasteiger partial charge is 0.336 e. The van der Waals surface area contributed by atoms with Crippen LogP contribution in [0, 0.1) is 5.92 Å². The summed E-state index contributed by atoms with van der Waals surface area (Å²) in [5.74, 6) is 0.719. The van der Waals surface area contributed by atoms with Crippen LogP contribution in [0.5, 0.6) is 0 Å². The van der Waals surface area contributed by atoms with E-state index in [1.807, 2.05) is 29.1 Å². The Morgan fingerprint density at radius 2 is 2.26 bits per heavy atom. The molecule has 4 heterocycles. The van der Waals surface area contributed by atoms with E-state index in [9.17, 15) is 4.79 Å². The minimum absolute atomic E-state index is 0.294. The summed E-state index contributed by atoms with van der Waals surface area (Å²) in [5.41, 5.74) is 2.08. The summed E-state index contributed by atoms with van der Waals surface area (Å²) < 4.78 is 1.99. The van der Waals surface area contributed by atoms with Crippen LogP contribution in [-0.4, -0.2) is 44.1 Å². The molecule has 5 rings (SSSR count). The van der Waals surface area contributed by atoms with Gasteiger partial charge < -0.3 is 4.90 Å². The fourth-order valence-electron chi connectivity index (χ4n) is 5.61. The Morgan fingerprint density at radius 3 is 3.04 bits per heavy atom. The molecule has 3 aliphatic heterocycles. The van der Waals surface area contributed by atoms with E-state index < -0.39 is 0 Å². The van der Waals surface area contributed by atoms with Gasteiger partial charge in [-0.3, -0.25) is 14.4 Å². The quantitative estimate of drug-likeness (QED) is 0.810. The van der Waals surface area contributed by atoms with Gasteiger partial charge in [0, 0.05) is 48.4 Å². The van der Waals surface area contributed by atoms with Crippen LogP contribution in [0.3, 0.4) is 0 Å². The highest BCUT2D eigenvalue weighted by Gasteiger charge is 2.65. The van der Waals surface area contributed by atoms with Gasteiger partial charge in [-0.2, -0.15) is 5.10 Å². The zero-order valence-electron chi connectivity index (χ0n) is 15.6. The van der Waals surface area contributed by atoms with Crippen LogP contribution in [0.2, 0.25) is 5.02 Å². The van der Waals surface area contributed by atoms with E-state index in [0.717, 1.165) is 49.5 Å². The number of carbonyl (C=O) groups excluding carboxylic acids is 1.